The normalized spacial score (nSPS) is 52.0. The number of allylic oxidation sites excluding steroid dienone is 1. The van der Waals surface area contributed by atoms with Crippen molar-refractivity contribution in [2.24, 2.45) is 34.5 Å². The lowest BCUT2D eigenvalue weighted by atomic mass is 9.45. The Morgan fingerprint density at radius 3 is 2.52 bits per heavy atom. The van der Waals surface area contributed by atoms with Crippen molar-refractivity contribution < 1.29 is 14.7 Å². The molecule has 4 aliphatic carbocycles. The summed E-state index contributed by atoms with van der Waals surface area (Å²) >= 11 is 0. The smallest absolute Gasteiger partial charge is 0.161 e. The van der Waals surface area contributed by atoms with Crippen LogP contribution in [0.25, 0.3) is 0 Å². The van der Waals surface area contributed by atoms with Gasteiger partial charge in [0, 0.05) is 11.8 Å². The van der Waals surface area contributed by atoms with Gasteiger partial charge in [0.25, 0.3) is 0 Å². The molecule has 138 valence electrons. The number of aliphatic hydroxyl groups is 1. The molecule has 0 aromatic carbocycles. The quantitative estimate of drug-likeness (QED) is 0.779. The van der Waals surface area contributed by atoms with Crippen molar-refractivity contribution in [1.82, 2.24) is 0 Å². The Morgan fingerprint density at radius 1 is 1.16 bits per heavy atom. The fraction of sp³-hybridized carbons (Fsp3) is 0.818. The van der Waals surface area contributed by atoms with E-state index in [1.54, 1.807) is 6.92 Å². The first-order valence-corrected chi connectivity index (χ1v) is 10.1. The van der Waals surface area contributed by atoms with Crippen molar-refractivity contribution in [3.8, 4) is 0 Å². The SMILES string of the molecule is CC(=O)[C@]1(O)CC[C@@H]2[C@H]3C[C@@H](C)C4=CC(=O)CC[C@@]4(C)[C@@H]3CC[C@]21C. The van der Waals surface area contributed by atoms with Crippen LogP contribution in [0.4, 0.5) is 0 Å². The molecule has 0 unspecified atom stereocenters. The van der Waals surface area contributed by atoms with Crippen LogP contribution in [0.5, 0.6) is 0 Å². The molecule has 0 aromatic rings. The van der Waals surface area contributed by atoms with Crippen LogP contribution >= 0.6 is 0 Å². The van der Waals surface area contributed by atoms with E-state index in [2.05, 4.69) is 20.8 Å². The maximum atomic E-state index is 12.3. The van der Waals surface area contributed by atoms with E-state index < -0.39 is 5.60 Å². The van der Waals surface area contributed by atoms with Gasteiger partial charge in [0.05, 0.1) is 0 Å². The molecule has 0 amide bonds. The van der Waals surface area contributed by atoms with Gasteiger partial charge < -0.3 is 5.11 Å². The fourth-order valence-corrected chi connectivity index (χ4v) is 7.58. The molecule has 0 heterocycles. The van der Waals surface area contributed by atoms with Gasteiger partial charge in [0.2, 0.25) is 0 Å². The topological polar surface area (TPSA) is 54.4 Å². The molecule has 3 saturated carbocycles. The van der Waals surface area contributed by atoms with Gasteiger partial charge >= 0.3 is 0 Å². The summed E-state index contributed by atoms with van der Waals surface area (Å²) in [6, 6.07) is 0. The molecule has 3 fully saturated rings. The van der Waals surface area contributed by atoms with E-state index in [1.807, 2.05) is 6.08 Å². The molecule has 0 aromatic heterocycles. The Labute approximate surface area is 151 Å². The second-order valence-electron chi connectivity index (χ2n) is 9.91. The number of hydrogen-bond donors (Lipinski definition) is 1. The lowest BCUT2D eigenvalue weighted by molar-refractivity contribution is -0.161. The van der Waals surface area contributed by atoms with Crippen molar-refractivity contribution in [1.29, 1.82) is 0 Å². The second kappa shape index (κ2) is 5.28. The van der Waals surface area contributed by atoms with E-state index in [0.717, 1.165) is 32.1 Å². The minimum atomic E-state index is -1.13. The predicted molar refractivity (Wildman–Crippen MR) is 96.9 cm³/mol. The summed E-state index contributed by atoms with van der Waals surface area (Å²) in [7, 11) is 0. The van der Waals surface area contributed by atoms with E-state index in [0.29, 0.717) is 42.3 Å². The molecule has 4 rings (SSSR count). The third-order valence-corrected chi connectivity index (χ3v) is 9.01. The van der Waals surface area contributed by atoms with Gasteiger partial charge in [-0.15, -0.1) is 0 Å². The van der Waals surface area contributed by atoms with E-state index in [-0.39, 0.29) is 16.6 Å². The molecule has 1 N–H and O–H groups in total. The van der Waals surface area contributed by atoms with Crippen molar-refractivity contribution in [3.63, 3.8) is 0 Å². The highest BCUT2D eigenvalue weighted by atomic mass is 16.3. The highest BCUT2D eigenvalue weighted by Gasteiger charge is 2.66. The van der Waals surface area contributed by atoms with E-state index in [1.165, 1.54) is 5.57 Å². The summed E-state index contributed by atoms with van der Waals surface area (Å²) in [5, 5.41) is 11.2. The minimum Gasteiger partial charge on any atom is -0.382 e. The second-order valence-corrected chi connectivity index (χ2v) is 9.91. The standard InChI is InChI=1S/C22H32O3/c1-13-11-16-17(20(3)8-5-15(24)12-19(13)20)6-9-21(4)18(16)7-10-22(21,25)14(2)23/h12-13,16-18,25H,5-11H2,1-4H3/t13-,16+,17-,18-,20+,21-,22-/m1/s1. The van der Waals surface area contributed by atoms with Crippen LogP contribution in [0.2, 0.25) is 0 Å². The largest absolute Gasteiger partial charge is 0.382 e. The molecule has 3 heteroatoms. The average molecular weight is 344 g/mol. The molecular weight excluding hydrogens is 312 g/mol. The molecule has 7 atom stereocenters. The molecule has 0 aliphatic heterocycles. The zero-order chi connectivity index (χ0) is 18.2. The summed E-state index contributed by atoms with van der Waals surface area (Å²) < 4.78 is 0. The number of ketones is 2. The highest BCUT2D eigenvalue weighted by molar-refractivity contribution is 5.91. The summed E-state index contributed by atoms with van der Waals surface area (Å²) in [4.78, 5) is 24.3. The Kier molecular flexibility index (Phi) is 3.69. The Bertz CT molecular complexity index is 664. The maximum Gasteiger partial charge on any atom is 0.161 e. The van der Waals surface area contributed by atoms with Crippen molar-refractivity contribution in [3.05, 3.63) is 11.6 Å². The zero-order valence-corrected chi connectivity index (χ0v) is 16.1. The van der Waals surface area contributed by atoms with Gasteiger partial charge in [-0.05, 0) is 80.6 Å². The van der Waals surface area contributed by atoms with Gasteiger partial charge in [-0.25, -0.2) is 0 Å². The van der Waals surface area contributed by atoms with Crippen molar-refractivity contribution >= 4 is 11.6 Å². The summed E-state index contributed by atoms with van der Waals surface area (Å²) in [6.07, 6.45) is 8.31. The third kappa shape index (κ3) is 2.08. The van der Waals surface area contributed by atoms with Crippen LogP contribution in [-0.4, -0.2) is 22.3 Å². The van der Waals surface area contributed by atoms with E-state index in [4.69, 9.17) is 0 Å². The van der Waals surface area contributed by atoms with Crippen molar-refractivity contribution in [2.45, 2.75) is 78.2 Å². The number of Topliss-reactive ketones (excluding diaryl/α,β-unsaturated/α-hetero) is 1. The first-order chi connectivity index (χ1) is 11.6. The van der Waals surface area contributed by atoms with Crippen LogP contribution < -0.4 is 0 Å². The highest BCUT2D eigenvalue weighted by Crippen LogP contribution is 2.68. The number of rotatable bonds is 1. The van der Waals surface area contributed by atoms with Crippen molar-refractivity contribution in [2.75, 3.05) is 0 Å². The van der Waals surface area contributed by atoms with Crippen LogP contribution in [0.1, 0.15) is 72.6 Å². The first kappa shape index (κ1) is 17.5. The predicted octanol–water partition coefficient (Wildman–Crippen LogP) is 4.08. The van der Waals surface area contributed by atoms with Gasteiger partial charge in [0.15, 0.2) is 11.6 Å². The number of fused-ring (bicyclic) bond motifs is 5. The maximum absolute atomic E-state index is 12.3. The first-order valence-electron chi connectivity index (χ1n) is 10.1. The number of hydrogen-bond acceptors (Lipinski definition) is 3. The van der Waals surface area contributed by atoms with Gasteiger partial charge in [-0.2, -0.15) is 0 Å². The number of carbonyl (C=O) groups is 2. The van der Waals surface area contributed by atoms with Crippen LogP contribution in [0.3, 0.4) is 0 Å². The fourth-order valence-electron chi connectivity index (χ4n) is 7.58. The molecule has 0 bridgehead atoms. The summed E-state index contributed by atoms with van der Waals surface area (Å²) in [5.74, 6) is 2.27. The summed E-state index contributed by atoms with van der Waals surface area (Å²) in [6.45, 7) is 8.40. The van der Waals surface area contributed by atoms with Gasteiger partial charge in [-0.1, -0.05) is 26.3 Å². The molecule has 4 aliphatic rings. The Hall–Kier alpha value is -0.960. The zero-order valence-electron chi connectivity index (χ0n) is 16.1. The lowest BCUT2D eigenvalue weighted by Gasteiger charge is -2.60. The van der Waals surface area contributed by atoms with E-state index >= 15 is 0 Å². The van der Waals surface area contributed by atoms with Crippen LogP contribution in [0, 0.1) is 34.5 Å². The van der Waals surface area contributed by atoms with E-state index in [9.17, 15) is 14.7 Å². The Balaban J connectivity index is 1.73. The number of carbonyl (C=O) groups excluding carboxylic acids is 2. The third-order valence-electron chi connectivity index (χ3n) is 9.01. The molecular formula is C22H32O3. The summed E-state index contributed by atoms with van der Waals surface area (Å²) in [5.41, 5.74) is 0.107. The average Bonchev–Trinajstić information content (AvgIpc) is 2.83. The van der Waals surface area contributed by atoms with Gasteiger partial charge in [0.1, 0.15) is 5.60 Å². The Morgan fingerprint density at radius 2 is 1.84 bits per heavy atom. The molecule has 0 saturated heterocycles. The molecule has 3 nitrogen and oxygen atoms in total. The molecule has 0 radical (unpaired) electrons. The molecule has 0 spiro atoms. The monoisotopic (exact) mass is 344 g/mol. The van der Waals surface area contributed by atoms with Crippen LogP contribution in [-0.2, 0) is 9.59 Å². The lowest BCUT2D eigenvalue weighted by Crippen LogP contribution is -2.57. The van der Waals surface area contributed by atoms with Gasteiger partial charge in [-0.3, -0.25) is 9.59 Å². The molecule has 25 heavy (non-hydrogen) atoms. The van der Waals surface area contributed by atoms with Crippen LogP contribution in [0.15, 0.2) is 11.6 Å². The minimum absolute atomic E-state index is 0.0464.